The lowest BCUT2D eigenvalue weighted by Crippen LogP contribution is -2.41. The number of methoxy groups -OCH3 is 1. The van der Waals surface area contributed by atoms with E-state index in [0.29, 0.717) is 41.8 Å². The Kier molecular flexibility index (Phi) is 10.8. The highest BCUT2D eigenvalue weighted by molar-refractivity contribution is 6.30. The summed E-state index contributed by atoms with van der Waals surface area (Å²) < 4.78 is 22.4. The molecule has 0 radical (unpaired) electrons. The third-order valence-electron chi connectivity index (χ3n) is 7.18. The average Bonchev–Trinajstić information content (AvgIpc) is 3.44. The fourth-order valence-corrected chi connectivity index (χ4v) is 5.34. The van der Waals surface area contributed by atoms with Crippen molar-refractivity contribution in [1.29, 1.82) is 0 Å². The largest absolute Gasteiger partial charge is 0.493 e. The zero-order valence-corrected chi connectivity index (χ0v) is 23.4. The maximum absolute atomic E-state index is 13.3. The zero-order chi connectivity index (χ0) is 27.6. The molecule has 1 fully saturated rings. The summed E-state index contributed by atoms with van der Waals surface area (Å²) in [6, 6.07) is 11.3. The number of ether oxygens (including phenoxy) is 4. The molecule has 10 heteroatoms. The van der Waals surface area contributed by atoms with Gasteiger partial charge >= 0.3 is 6.09 Å². The second kappa shape index (κ2) is 14.5. The number of carbonyl (C=O) groups is 2. The molecule has 212 valence electrons. The van der Waals surface area contributed by atoms with E-state index in [4.69, 9.17) is 25.8 Å². The molecule has 0 aromatic heterocycles. The molecule has 0 saturated carbocycles. The van der Waals surface area contributed by atoms with E-state index in [1.54, 1.807) is 12.1 Å². The number of carbonyl (C=O) groups excluding carboxylic acids is 2. The summed E-state index contributed by atoms with van der Waals surface area (Å²) in [7, 11) is 3.23. The molecule has 9 nitrogen and oxygen atoms in total. The molecule has 2 unspecified atom stereocenters. The fourth-order valence-electron chi connectivity index (χ4n) is 5.15. The Morgan fingerprint density at radius 3 is 2.79 bits per heavy atom. The highest BCUT2D eigenvalue weighted by Gasteiger charge is 2.27. The molecule has 2 amide bonds. The highest BCUT2D eigenvalue weighted by Crippen LogP contribution is 2.38. The van der Waals surface area contributed by atoms with E-state index in [1.807, 2.05) is 31.3 Å². The van der Waals surface area contributed by atoms with Gasteiger partial charge in [-0.05, 0) is 67.6 Å². The number of amides is 2. The van der Waals surface area contributed by atoms with Crippen LogP contribution in [0.3, 0.4) is 0 Å². The standard InChI is InChI=1S/C29H38ClN3O6/c1-31-23(13-19-5-4-10-37-18-19)17-33-28(34)21-15-25(24-8-11-38-26(24)16-21)27(20-6-3-7-22(30)14-20)39-12-9-32-29(35)36-2/h3,6-7,14-16,19,23,27,31H,4-5,8-13,17-18H2,1-2H3,(H,32,35)(H,33,34)/t19-,23?,27?/m1/s1. The van der Waals surface area contributed by atoms with Crippen molar-refractivity contribution in [2.24, 2.45) is 5.92 Å². The first-order valence-corrected chi connectivity index (χ1v) is 13.9. The SMILES string of the molecule is CNC(CNC(=O)c1cc2c(c(C(OCCNC(=O)OC)c3cccc(Cl)c3)c1)CCO2)C[C@H]1CCCOC1. The summed E-state index contributed by atoms with van der Waals surface area (Å²) in [4.78, 5) is 24.8. The van der Waals surface area contributed by atoms with Gasteiger partial charge in [0.1, 0.15) is 11.9 Å². The van der Waals surface area contributed by atoms with Crippen LogP contribution in [0.4, 0.5) is 4.79 Å². The zero-order valence-electron chi connectivity index (χ0n) is 22.6. The van der Waals surface area contributed by atoms with Gasteiger partial charge < -0.3 is 34.9 Å². The summed E-state index contributed by atoms with van der Waals surface area (Å²) in [5.41, 5.74) is 3.20. The normalized spacial score (nSPS) is 18.0. The molecule has 1 saturated heterocycles. The average molecular weight is 560 g/mol. The quantitative estimate of drug-likeness (QED) is 0.339. The molecule has 2 aromatic rings. The van der Waals surface area contributed by atoms with Gasteiger partial charge in [-0.2, -0.15) is 0 Å². The van der Waals surface area contributed by atoms with E-state index in [0.717, 1.165) is 49.2 Å². The summed E-state index contributed by atoms with van der Waals surface area (Å²) in [6.45, 7) is 3.14. The number of rotatable bonds is 12. The summed E-state index contributed by atoms with van der Waals surface area (Å²) >= 11 is 6.32. The number of hydrogen-bond donors (Lipinski definition) is 3. The first-order valence-electron chi connectivity index (χ1n) is 13.5. The third-order valence-corrected chi connectivity index (χ3v) is 7.42. The Hall–Kier alpha value is -2.85. The van der Waals surface area contributed by atoms with Crippen molar-refractivity contribution < 1.29 is 28.5 Å². The number of nitrogens with one attached hydrogen (secondary N) is 3. The lowest BCUT2D eigenvalue weighted by molar-refractivity contribution is 0.0478. The topological polar surface area (TPSA) is 107 Å². The Morgan fingerprint density at radius 1 is 1.18 bits per heavy atom. The van der Waals surface area contributed by atoms with Crippen LogP contribution in [-0.4, -0.2) is 71.7 Å². The van der Waals surface area contributed by atoms with Crippen molar-refractivity contribution in [3.8, 4) is 5.75 Å². The molecule has 39 heavy (non-hydrogen) atoms. The first-order chi connectivity index (χ1) is 19.0. The van der Waals surface area contributed by atoms with Crippen molar-refractivity contribution >= 4 is 23.6 Å². The summed E-state index contributed by atoms with van der Waals surface area (Å²) in [5.74, 6) is 1.01. The molecule has 3 N–H and O–H groups in total. The lowest BCUT2D eigenvalue weighted by Gasteiger charge is -2.26. The number of halogens is 1. The molecule has 2 heterocycles. The predicted molar refractivity (Wildman–Crippen MR) is 149 cm³/mol. The molecule has 0 bridgehead atoms. The van der Waals surface area contributed by atoms with E-state index in [1.165, 1.54) is 7.11 Å². The number of benzene rings is 2. The third kappa shape index (κ3) is 8.08. The van der Waals surface area contributed by atoms with Gasteiger partial charge in [-0.3, -0.25) is 4.79 Å². The number of hydrogen-bond acceptors (Lipinski definition) is 7. The second-order valence-electron chi connectivity index (χ2n) is 9.88. The van der Waals surface area contributed by atoms with E-state index >= 15 is 0 Å². The van der Waals surface area contributed by atoms with E-state index in [2.05, 4.69) is 20.7 Å². The van der Waals surface area contributed by atoms with Crippen LogP contribution in [0.2, 0.25) is 5.02 Å². The van der Waals surface area contributed by atoms with E-state index < -0.39 is 12.2 Å². The molecule has 3 atom stereocenters. The molecule has 0 spiro atoms. The van der Waals surface area contributed by atoms with Crippen molar-refractivity contribution in [2.45, 2.75) is 37.8 Å². The van der Waals surface area contributed by atoms with Crippen LogP contribution < -0.4 is 20.7 Å². The summed E-state index contributed by atoms with van der Waals surface area (Å²) in [6.07, 6.45) is 2.85. The van der Waals surface area contributed by atoms with Crippen molar-refractivity contribution in [1.82, 2.24) is 16.0 Å². The van der Waals surface area contributed by atoms with Crippen LogP contribution in [0.1, 0.15) is 52.4 Å². The molecular formula is C29H38ClN3O6. The van der Waals surface area contributed by atoms with Crippen molar-refractivity contribution in [3.05, 3.63) is 63.7 Å². The highest BCUT2D eigenvalue weighted by atomic mass is 35.5. The molecule has 0 aliphatic carbocycles. The molecule has 4 rings (SSSR count). The number of alkyl carbamates (subject to hydrolysis) is 1. The van der Waals surface area contributed by atoms with Gasteiger partial charge in [0.05, 0.1) is 20.3 Å². The fraction of sp³-hybridized carbons (Fsp3) is 0.517. The van der Waals surface area contributed by atoms with Gasteiger partial charge in [-0.15, -0.1) is 0 Å². The number of fused-ring (bicyclic) bond motifs is 1. The molecule has 2 aliphatic rings. The van der Waals surface area contributed by atoms with E-state index in [-0.39, 0.29) is 25.1 Å². The Balaban J connectivity index is 1.52. The maximum Gasteiger partial charge on any atom is 0.406 e. The van der Waals surface area contributed by atoms with Crippen LogP contribution in [0, 0.1) is 5.92 Å². The van der Waals surface area contributed by atoms with Crippen LogP contribution in [0.15, 0.2) is 36.4 Å². The molecule has 2 aliphatic heterocycles. The molecule has 2 aromatic carbocycles. The van der Waals surface area contributed by atoms with Crippen LogP contribution in [-0.2, 0) is 20.6 Å². The van der Waals surface area contributed by atoms with Gasteiger partial charge in [0.2, 0.25) is 0 Å². The Bertz CT molecular complexity index is 1120. The van der Waals surface area contributed by atoms with Crippen molar-refractivity contribution in [2.75, 3.05) is 53.7 Å². The Morgan fingerprint density at radius 2 is 2.05 bits per heavy atom. The van der Waals surface area contributed by atoms with Crippen LogP contribution in [0.5, 0.6) is 5.75 Å². The van der Waals surface area contributed by atoms with Gasteiger partial charge in [0.15, 0.2) is 0 Å². The minimum atomic E-state index is -0.526. The monoisotopic (exact) mass is 559 g/mol. The van der Waals surface area contributed by atoms with Gasteiger partial charge in [0.25, 0.3) is 5.91 Å². The smallest absolute Gasteiger partial charge is 0.406 e. The van der Waals surface area contributed by atoms with Gasteiger partial charge in [-0.1, -0.05) is 23.7 Å². The summed E-state index contributed by atoms with van der Waals surface area (Å²) in [5, 5.41) is 9.64. The van der Waals surface area contributed by atoms with Gasteiger partial charge in [0, 0.05) is 54.9 Å². The van der Waals surface area contributed by atoms with Gasteiger partial charge in [-0.25, -0.2) is 4.79 Å². The minimum absolute atomic E-state index is 0.149. The predicted octanol–water partition coefficient (Wildman–Crippen LogP) is 3.87. The van der Waals surface area contributed by atoms with Crippen LogP contribution in [0.25, 0.3) is 0 Å². The molecular weight excluding hydrogens is 522 g/mol. The van der Waals surface area contributed by atoms with Crippen LogP contribution >= 0.6 is 11.6 Å². The minimum Gasteiger partial charge on any atom is -0.493 e. The number of likely N-dealkylation sites (N-methyl/N-ethyl adjacent to an activating group) is 1. The maximum atomic E-state index is 13.3. The Labute approximate surface area is 234 Å². The lowest BCUT2D eigenvalue weighted by atomic mass is 9.92. The van der Waals surface area contributed by atoms with Crippen molar-refractivity contribution in [3.63, 3.8) is 0 Å². The van der Waals surface area contributed by atoms with E-state index in [9.17, 15) is 9.59 Å². The second-order valence-corrected chi connectivity index (χ2v) is 10.3. The first kappa shape index (κ1) is 29.1.